The summed E-state index contributed by atoms with van der Waals surface area (Å²) in [5.41, 5.74) is 3.38. The van der Waals surface area contributed by atoms with E-state index in [1.807, 2.05) is 25.1 Å². The topological polar surface area (TPSA) is 67.9 Å². The second-order valence-electron chi connectivity index (χ2n) is 9.50. The average molecular weight is 473 g/mol. The SMILES string of the molecule is CCOc1cc(/C=C2/SC(=S)N(NC(=O)C34CC5CC(CC(C5)C3)C4)C2=O)ccc1OC. The van der Waals surface area contributed by atoms with E-state index in [4.69, 9.17) is 21.7 Å². The minimum absolute atomic E-state index is 0.0303. The van der Waals surface area contributed by atoms with Gasteiger partial charge in [-0.05, 0) is 99.2 Å². The van der Waals surface area contributed by atoms with E-state index in [2.05, 4.69) is 5.43 Å². The molecule has 5 fully saturated rings. The van der Waals surface area contributed by atoms with E-state index in [1.54, 1.807) is 13.2 Å². The van der Waals surface area contributed by atoms with Crippen LogP contribution in [0.25, 0.3) is 6.08 Å². The van der Waals surface area contributed by atoms with Gasteiger partial charge in [-0.2, -0.15) is 5.01 Å². The first-order valence-electron chi connectivity index (χ1n) is 11.3. The zero-order valence-electron chi connectivity index (χ0n) is 18.4. The van der Waals surface area contributed by atoms with Crippen molar-refractivity contribution in [3.63, 3.8) is 0 Å². The lowest BCUT2D eigenvalue weighted by Gasteiger charge is -2.55. The monoisotopic (exact) mass is 472 g/mol. The molecule has 4 bridgehead atoms. The van der Waals surface area contributed by atoms with E-state index in [-0.39, 0.29) is 17.2 Å². The van der Waals surface area contributed by atoms with E-state index >= 15 is 0 Å². The van der Waals surface area contributed by atoms with Gasteiger partial charge in [0.25, 0.3) is 5.91 Å². The van der Waals surface area contributed by atoms with Crippen LogP contribution < -0.4 is 14.9 Å². The zero-order valence-corrected chi connectivity index (χ0v) is 20.0. The number of nitrogens with one attached hydrogen (secondary N) is 1. The molecular formula is C24H28N2O4S2. The molecule has 0 unspecified atom stereocenters. The fourth-order valence-electron chi connectivity index (χ4n) is 6.38. The molecule has 0 atom stereocenters. The largest absolute Gasteiger partial charge is 0.493 e. The lowest BCUT2D eigenvalue weighted by atomic mass is 9.49. The van der Waals surface area contributed by atoms with Gasteiger partial charge >= 0.3 is 0 Å². The Morgan fingerprint density at radius 2 is 1.88 bits per heavy atom. The molecule has 32 heavy (non-hydrogen) atoms. The Morgan fingerprint density at radius 3 is 2.47 bits per heavy atom. The lowest BCUT2D eigenvalue weighted by Crippen LogP contribution is -2.57. The number of rotatable bonds is 6. The van der Waals surface area contributed by atoms with Gasteiger partial charge < -0.3 is 9.47 Å². The summed E-state index contributed by atoms with van der Waals surface area (Å²) in [6.07, 6.45) is 8.41. The molecule has 6 rings (SSSR count). The van der Waals surface area contributed by atoms with E-state index in [9.17, 15) is 9.59 Å². The Balaban J connectivity index is 1.32. The molecule has 1 saturated heterocycles. The molecule has 1 aromatic rings. The fraction of sp³-hybridized carbons (Fsp3) is 0.542. The Kier molecular flexibility index (Phi) is 5.70. The fourth-order valence-corrected chi connectivity index (χ4v) is 7.56. The number of amides is 2. The molecule has 0 radical (unpaired) electrons. The van der Waals surface area contributed by atoms with E-state index < -0.39 is 0 Å². The van der Waals surface area contributed by atoms with Gasteiger partial charge in [0.2, 0.25) is 5.91 Å². The Labute approximate surface area is 198 Å². The molecule has 0 aromatic heterocycles. The van der Waals surface area contributed by atoms with Crippen LogP contribution in [-0.4, -0.2) is 34.9 Å². The number of ether oxygens (including phenoxy) is 2. The molecule has 1 aliphatic heterocycles. The molecule has 5 aliphatic rings. The van der Waals surface area contributed by atoms with Crippen molar-refractivity contribution in [3.05, 3.63) is 28.7 Å². The second-order valence-corrected chi connectivity index (χ2v) is 11.2. The number of nitrogens with zero attached hydrogens (tertiary/aromatic N) is 1. The number of thioether (sulfide) groups is 1. The molecule has 4 saturated carbocycles. The van der Waals surface area contributed by atoms with Crippen LogP contribution in [0.4, 0.5) is 0 Å². The number of thiocarbonyl (C=S) groups is 1. The third kappa shape index (κ3) is 3.81. The Hall–Kier alpha value is -2.06. The summed E-state index contributed by atoms with van der Waals surface area (Å²) in [6.45, 7) is 2.42. The van der Waals surface area contributed by atoms with Gasteiger partial charge in [-0.3, -0.25) is 15.0 Å². The number of benzene rings is 1. The van der Waals surface area contributed by atoms with Crippen molar-refractivity contribution in [2.45, 2.75) is 45.4 Å². The van der Waals surface area contributed by atoms with Gasteiger partial charge in [-0.1, -0.05) is 17.8 Å². The van der Waals surface area contributed by atoms with Crippen LogP contribution in [0.15, 0.2) is 23.1 Å². The highest BCUT2D eigenvalue weighted by Crippen LogP contribution is 2.60. The van der Waals surface area contributed by atoms with E-state index in [1.165, 1.54) is 36.0 Å². The number of carbonyl (C=O) groups excluding carboxylic acids is 2. The molecule has 170 valence electrons. The van der Waals surface area contributed by atoms with Gasteiger partial charge in [0.15, 0.2) is 15.8 Å². The minimum Gasteiger partial charge on any atom is -0.493 e. The Morgan fingerprint density at radius 1 is 1.22 bits per heavy atom. The zero-order chi connectivity index (χ0) is 22.5. The van der Waals surface area contributed by atoms with Crippen molar-refractivity contribution in [2.75, 3.05) is 13.7 Å². The quantitative estimate of drug-likeness (QED) is 0.484. The lowest BCUT2D eigenvalue weighted by molar-refractivity contribution is -0.152. The summed E-state index contributed by atoms with van der Waals surface area (Å²) >= 11 is 6.65. The third-order valence-electron chi connectivity index (χ3n) is 7.31. The van der Waals surface area contributed by atoms with Crippen molar-refractivity contribution in [3.8, 4) is 11.5 Å². The maximum atomic E-state index is 13.4. The van der Waals surface area contributed by atoms with E-state index in [0.29, 0.717) is 45.1 Å². The van der Waals surface area contributed by atoms with Gasteiger partial charge in [-0.25, -0.2) is 0 Å². The summed E-state index contributed by atoms with van der Waals surface area (Å²) in [4.78, 5) is 26.9. The van der Waals surface area contributed by atoms with Crippen LogP contribution in [0.5, 0.6) is 11.5 Å². The predicted octanol–water partition coefficient (Wildman–Crippen LogP) is 4.54. The van der Waals surface area contributed by atoms with Crippen molar-refractivity contribution in [1.29, 1.82) is 0 Å². The van der Waals surface area contributed by atoms with Crippen LogP contribution in [-0.2, 0) is 9.59 Å². The molecule has 1 N–H and O–H groups in total. The minimum atomic E-state index is -0.329. The number of carbonyl (C=O) groups is 2. The maximum absolute atomic E-state index is 13.4. The molecule has 1 aromatic carbocycles. The first-order valence-corrected chi connectivity index (χ1v) is 12.5. The van der Waals surface area contributed by atoms with E-state index in [0.717, 1.165) is 24.8 Å². The first kappa shape index (κ1) is 21.8. The highest BCUT2D eigenvalue weighted by molar-refractivity contribution is 8.26. The van der Waals surface area contributed by atoms with Crippen molar-refractivity contribution >= 4 is 46.2 Å². The van der Waals surface area contributed by atoms with Crippen LogP contribution >= 0.6 is 24.0 Å². The van der Waals surface area contributed by atoms with Crippen molar-refractivity contribution < 1.29 is 19.1 Å². The summed E-state index contributed by atoms with van der Waals surface area (Å²) in [5.74, 6) is 2.92. The van der Waals surface area contributed by atoms with Crippen LogP contribution in [0, 0.1) is 23.2 Å². The van der Waals surface area contributed by atoms with Gasteiger partial charge in [-0.15, -0.1) is 0 Å². The number of hydrogen-bond donors (Lipinski definition) is 1. The summed E-state index contributed by atoms with van der Waals surface area (Å²) in [6, 6.07) is 5.51. The predicted molar refractivity (Wildman–Crippen MR) is 128 cm³/mol. The third-order valence-corrected chi connectivity index (χ3v) is 8.61. The highest BCUT2D eigenvalue weighted by atomic mass is 32.2. The van der Waals surface area contributed by atoms with Gasteiger partial charge in [0.1, 0.15) is 0 Å². The molecule has 0 spiro atoms. The number of methoxy groups -OCH3 is 1. The highest BCUT2D eigenvalue weighted by Gasteiger charge is 2.55. The molecular weight excluding hydrogens is 444 g/mol. The molecule has 4 aliphatic carbocycles. The van der Waals surface area contributed by atoms with Crippen molar-refractivity contribution in [2.24, 2.45) is 23.2 Å². The number of hydrazine groups is 1. The molecule has 6 nitrogen and oxygen atoms in total. The van der Waals surface area contributed by atoms with Gasteiger partial charge in [0.05, 0.1) is 24.0 Å². The second kappa shape index (κ2) is 8.37. The smallest absolute Gasteiger partial charge is 0.285 e. The molecule has 1 heterocycles. The van der Waals surface area contributed by atoms with Crippen LogP contribution in [0.2, 0.25) is 0 Å². The standard InChI is InChI=1S/C24H28N2O4S2/c1-3-30-19-9-14(4-5-18(19)29-2)10-20-21(27)26(23(31)32-20)25-22(28)24-11-15-6-16(12-24)8-17(7-15)13-24/h4-5,9-10,15-17H,3,6-8,11-13H2,1-2H3,(H,25,28)/b20-10+. The first-order chi connectivity index (χ1) is 15.4. The molecule has 8 heteroatoms. The molecule has 2 amide bonds. The maximum Gasteiger partial charge on any atom is 0.285 e. The average Bonchev–Trinajstić information content (AvgIpc) is 3.00. The summed E-state index contributed by atoms with van der Waals surface area (Å²) in [7, 11) is 1.59. The van der Waals surface area contributed by atoms with Crippen molar-refractivity contribution in [1.82, 2.24) is 10.4 Å². The van der Waals surface area contributed by atoms with Crippen LogP contribution in [0.1, 0.15) is 51.0 Å². The summed E-state index contributed by atoms with van der Waals surface area (Å²) < 4.78 is 11.3. The number of hydrogen-bond acceptors (Lipinski definition) is 6. The van der Waals surface area contributed by atoms with Crippen LogP contribution in [0.3, 0.4) is 0 Å². The normalized spacial score (nSPS) is 32.0. The Bertz CT molecular complexity index is 970. The van der Waals surface area contributed by atoms with Gasteiger partial charge in [0, 0.05) is 0 Å². The summed E-state index contributed by atoms with van der Waals surface area (Å²) in [5, 5.41) is 1.26.